The van der Waals surface area contributed by atoms with Crippen molar-refractivity contribution >= 4 is 39.1 Å². The second-order valence-corrected chi connectivity index (χ2v) is 12.0. The van der Waals surface area contributed by atoms with Crippen LogP contribution in [0.15, 0.2) is 77.7 Å². The van der Waals surface area contributed by atoms with E-state index in [1.165, 1.54) is 36.1 Å². The monoisotopic (exact) mass is 623 g/mol. The summed E-state index contributed by atoms with van der Waals surface area (Å²) in [6.07, 6.45) is -3.24. The molecule has 226 valence electrons. The number of unbranched alkanes of at least 4 members (excludes halogenated alkanes) is 1. The largest absolute Gasteiger partial charge is 0.416 e. The standard InChI is InChI=1S/C30H33ClF3N3O4S/c1-4-5-17-35-29(39)22(3)36(19-23-12-10-9-11-21(23)2)28(38)20-37(42(40,41)25-13-7-6-8-14-25)27-18-24(30(32,33)34)15-16-26(27)31/h6-16,18,22H,4-5,17,19-20H2,1-3H3,(H,35,39)/t22-/m0/s1. The molecule has 12 heteroatoms. The van der Waals surface area contributed by atoms with E-state index in [0.717, 1.165) is 30.5 Å². The number of hydrogen-bond donors (Lipinski definition) is 1. The molecule has 3 aromatic rings. The van der Waals surface area contributed by atoms with E-state index in [-0.39, 0.29) is 16.5 Å². The van der Waals surface area contributed by atoms with Gasteiger partial charge in [0.25, 0.3) is 10.0 Å². The summed E-state index contributed by atoms with van der Waals surface area (Å²) >= 11 is 6.27. The van der Waals surface area contributed by atoms with Crippen molar-refractivity contribution in [1.82, 2.24) is 10.2 Å². The molecule has 0 fully saturated rings. The van der Waals surface area contributed by atoms with E-state index in [9.17, 15) is 31.2 Å². The highest BCUT2D eigenvalue weighted by Gasteiger charge is 2.36. The molecule has 0 saturated heterocycles. The fourth-order valence-electron chi connectivity index (χ4n) is 4.20. The van der Waals surface area contributed by atoms with Gasteiger partial charge in [-0.1, -0.05) is 67.4 Å². The first-order chi connectivity index (χ1) is 19.8. The number of sulfonamides is 1. The van der Waals surface area contributed by atoms with Gasteiger partial charge in [0.2, 0.25) is 11.8 Å². The third-order valence-corrected chi connectivity index (χ3v) is 8.84. The van der Waals surface area contributed by atoms with Crippen LogP contribution in [0.25, 0.3) is 0 Å². The lowest BCUT2D eigenvalue weighted by atomic mass is 10.1. The van der Waals surface area contributed by atoms with Crippen LogP contribution in [0.2, 0.25) is 5.02 Å². The molecule has 3 rings (SSSR count). The summed E-state index contributed by atoms with van der Waals surface area (Å²) in [5, 5.41) is 2.48. The van der Waals surface area contributed by atoms with Crippen LogP contribution in [0, 0.1) is 6.92 Å². The molecule has 1 N–H and O–H groups in total. The van der Waals surface area contributed by atoms with Gasteiger partial charge in [-0.15, -0.1) is 0 Å². The number of anilines is 1. The van der Waals surface area contributed by atoms with E-state index in [1.807, 2.05) is 26.0 Å². The summed E-state index contributed by atoms with van der Waals surface area (Å²) in [5.41, 5.74) is -0.0974. The Kier molecular flexibility index (Phi) is 11.0. The Labute approximate surface area is 249 Å². The number of benzene rings is 3. The zero-order valence-corrected chi connectivity index (χ0v) is 25.1. The number of nitrogens with one attached hydrogen (secondary N) is 1. The number of amides is 2. The van der Waals surface area contributed by atoms with Crippen molar-refractivity contribution in [2.24, 2.45) is 0 Å². The number of carbonyl (C=O) groups is 2. The first-order valence-electron chi connectivity index (χ1n) is 13.3. The van der Waals surface area contributed by atoms with Crippen LogP contribution in [-0.4, -0.2) is 44.3 Å². The highest BCUT2D eigenvalue weighted by Crippen LogP contribution is 2.37. The minimum Gasteiger partial charge on any atom is -0.354 e. The summed E-state index contributed by atoms with van der Waals surface area (Å²) in [7, 11) is -4.58. The highest BCUT2D eigenvalue weighted by molar-refractivity contribution is 7.92. The van der Waals surface area contributed by atoms with Gasteiger partial charge >= 0.3 is 6.18 Å². The van der Waals surface area contributed by atoms with Crippen molar-refractivity contribution in [2.75, 3.05) is 17.4 Å². The van der Waals surface area contributed by atoms with Gasteiger partial charge in [0, 0.05) is 13.1 Å². The smallest absolute Gasteiger partial charge is 0.354 e. The van der Waals surface area contributed by atoms with Gasteiger partial charge in [-0.3, -0.25) is 13.9 Å². The van der Waals surface area contributed by atoms with Crippen molar-refractivity contribution in [3.05, 3.63) is 94.5 Å². The maximum Gasteiger partial charge on any atom is 0.416 e. The maximum absolute atomic E-state index is 14.0. The quantitative estimate of drug-likeness (QED) is 0.244. The molecule has 42 heavy (non-hydrogen) atoms. The van der Waals surface area contributed by atoms with E-state index in [4.69, 9.17) is 11.6 Å². The number of nitrogens with zero attached hydrogens (tertiary/aromatic N) is 2. The summed E-state index contributed by atoms with van der Waals surface area (Å²) in [4.78, 5) is 28.0. The second-order valence-electron chi connectivity index (χ2n) is 9.76. The fraction of sp³-hybridized carbons (Fsp3) is 0.333. The van der Waals surface area contributed by atoms with E-state index in [1.54, 1.807) is 18.2 Å². The first-order valence-corrected chi connectivity index (χ1v) is 15.1. The molecule has 0 heterocycles. The molecule has 1 atom stereocenters. The molecule has 2 amide bonds. The number of halogens is 4. The van der Waals surface area contributed by atoms with Crippen molar-refractivity contribution < 1.29 is 31.2 Å². The van der Waals surface area contributed by atoms with Crippen LogP contribution in [-0.2, 0) is 32.3 Å². The molecule has 0 aromatic heterocycles. The predicted octanol–water partition coefficient (Wildman–Crippen LogP) is 6.20. The zero-order chi connectivity index (χ0) is 31.1. The highest BCUT2D eigenvalue weighted by atomic mass is 35.5. The Bertz CT molecular complexity index is 1500. The number of aryl methyl sites for hydroxylation is 1. The third-order valence-electron chi connectivity index (χ3n) is 6.75. The van der Waals surface area contributed by atoms with Crippen LogP contribution < -0.4 is 9.62 Å². The normalized spacial score (nSPS) is 12.5. The number of rotatable bonds is 12. The van der Waals surface area contributed by atoms with Gasteiger partial charge in [0.05, 0.1) is 21.2 Å². The molecule has 0 radical (unpaired) electrons. The topological polar surface area (TPSA) is 86.8 Å². The van der Waals surface area contributed by atoms with Crippen LogP contribution in [0.3, 0.4) is 0 Å². The van der Waals surface area contributed by atoms with Crippen molar-refractivity contribution in [2.45, 2.75) is 57.3 Å². The maximum atomic E-state index is 14.0. The third kappa shape index (κ3) is 8.04. The van der Waals surface area contributed by atoms with Crippen molar-refractivity contribution in [3.8, 4) is 0 Å². The molecule has 0 bridgehead atoms. The SMILES string of the molecule is CCCCNC(=O)[C@H](C)N(Cc1ccccc1C)C(=O)CN(c1cc(C(F)(F)F)ccc1Cl)S(=O)(=O)c1ccccc1. The van der Waals surface area contributed by atoms with Gasteiger partial charge in [0.1, 0.15) is 12.6 Å². The van der Waals surface area contributed by atoms with Gasteiger partial charge in [-0.2, -0.15) is 13.2 Å². The molecule has 0 aliphatic heterocycles. The zero-order valence-electron chi connectivity index (χ0n) is 23.5. The average Bonchev–Trinajstić information content (AvgIpc) is 2.95. The lowest BCUT2D eigenvalue weighted by molar-refractivity contribution is -0.139. The molecule has 0 spiro atoms. The average molecular weight is 624 g/mol. The van der Waals surface area contributed by atoms with Gasteiger partial charge in [0.15, 0.2) is 0 Å². The Balaban J connectivity index is 2.11. The Morgan fingerprint density at radius 3 is 2.26 bits per heavy atom. The summed E-state index contributed by atoms with van der Waals surface area (Å²) in [6.45, 7) is 4.76. The van der Waals surface area contributed by atoms with Crippen LogP contribution >= 0.6 is 11.6 Å². The molecule has 3 aromatic carbocycles. The fourth-order valence-corrected chi connectivity index (χ4v) is 5.92. The minimum atomic E-state index is -4.80. The molecule has 0 saturated carbocycles. The molecule has 0 aliphatic carbocycles. The van der Waals surface area contributed by atoms with Crippen LogP contribution in [0.4, 0.5) is 18.9 Å². The molecule has 7 nitrogen and oxygen atoms in total. The lowest BCUT2D eigenvalue weighted by Gasteiger charge is -2.32. The van der Waals surface area contributed by atoms with Crippen LogP contribution in [0.1, 0.15) is 43.4 Å². The summed E-state index contributed by atoms with van der Waals surface area (Å²) < 4.78 is 69.2. The second kappa shape index (κ2) is 14.1. The van der Waals surface area contributed by atoms with Crippen LogP contribution in [0.5, 0.6) is 0 Å². The molecule has 0 aliphatic rings. The van der Waals surface area contributed by atoms with E-state index < -0.39 is 51.9 Å². The molecule has 0 unspecified atom stereocenters. The summed E-state index contributed by atoms with van der Waals surface area (Å²) in [5.74, 6) is -1.25. The lowest BCUT2D eigenvalue weighted by Crippen LogP contribution is -2.51. The summed E-state index contributed by atoms with van der Waals surface area (Å²) in [6, 6.07) is 15.5. The Morgan fingerprint density at radius 1 is 1.00 bits per heavy atom. The van der Waals surface area contributed by atoms with Gasteiger partial charge in [-0.05, 0) is 61.7 Å². The van der Waals surface area contributed by atoms with Crippen molar-refractivity contribution in [1.29, 1.82) is 0 Å². The van der Waals surface area contributed by atoms with E-state index in [0.29, 0.717) is 22.5 Å². The predicted molar refractivity (Wildman–Crippen MR) is 157 cm³/mol. The molecular formula is C30H33ClF3N3O4S. The van der Waals surface area contributed by atoms with Gasteiger partial charge in [-0.25, -0.2) is 8.42 Å². The number of alkyl halides is 3. The Hall–Kier alpha value is -3.57. The Morgan fingerprint density at radius 2 is 1.64 bits per heavy atom. The first kappa shape index (κ1) is 32.9. The van der Waals surface area contributed by atoms with Crippen molar-refractivity contribution in [3.63, 3.8) is 0 Å². The number of hydrogen-bond acceptors (Lipinski definition) is 4. The number of carbonyl (C=O) groups excluding carboxylic acids is 2. The van der Waals surface area contributed by atoms with E-state index >= 15 is 0 Å². The minimum absolute atomic E-state index is 0.0383. The molecular weight excluding hydrogens is 591 g/mol. The van der Waals surface area contributed by atoms with E-state index in [2.05, 4.69) is 5.32 Å². The van der Waals surface area contributed by atoms with Gasteiger partial charge < -0.3 is 10.2 Å².